The number of likely N-dealkylation sites (tertiary alicyclic amines) is 1. The van der Waals surface area contributed by atoms with Crippen LogP contribution in [0.5, 0.6) is 0 Å². The van der Waals surface area contributed by atoms with E-state index in [1.165, 1.54) is 29.1 Å². The highest BCUT2D eigenvalue weighted by Gasteiger charge is 2.21. The third-order valence-electron chi connectivity index (χ3n) is 4.58. The molecule has 0 radical (unpaired) electrons. The monoisotopic (exact) mass is 403 g/mol. The summed E-state index contributed by atoms with van der Waals surface area (Å²) in [5, 5.41) is 8.20. The SMILES string of the molecule is O=C(NCC1CCCN(Cc2cccs2)C1)c1cnc(-c2cccs2)s1. The van der Waals surface area contributed by atoms with Crippen LogP contribution in [0.1, 0.15) is 27.4 Å². The quantitative estimate of drug-likeness (QED) is 0.655. The number of carbonyl (C=O) groups excluding carboxylic acids is 1. The van der Waals surface area contributed by atoms with Crippen LogP contribution in [-0.2, 0) is 6.54 Å². The van der Waals surface area contributed by atoms with Crippen molar-refractivity contribution in [3.05, 3.63) is 51.0 Å². The van der Waals surface area contributed by atoms with Crippen LogP contribution in [0.4, 0.5) is 0 Å². The van der Waals surface area contributed by atoms with Gasteiger partial charge in [0.25, 0.3) is 5.91 Å². The molecule has 0 aromatic carbocycles. The maximum absolute atomic E-state index is 12.5. The lowest BCUT2D eigenvalue weighted by Gasteiger charge is -2.32. The van der Waals surface area contributed by atoms with Crippen LogP contribution in [0.2, 0.25) is 0 Å². The van der Waals surface area contributed by atoms with E-state index >= 15 is 0 Å². The lowest BCUT2D eigenvalue weighted by molar-refractivity contribution is 0.0934. The van der Waals surface area contributed by atoms with Gasteiger partial charge in [-0.05, 0) is 48.2 Å². The molecule has 1 aliphatic heterocycles. The number of thiazole rings is 1. The second kappa shape index (κ2) is 8.43. The van der Waals surface area contributed by atoms with Gasteiger partial charge in [0.2, 0.25) is 0 Å². The van der Waals surface area contributed by atoms with Crippen LogP contribution in [0.15, 0.2) is 41.2 Å². The normalized spacial score (nSPS) is 18.1. The Labute approximate surface area is 165 Å². The summed E-state index contributed by atoms with van der Waals surface area (Å²) < 4.78 is 0. The molecule has 3 aromatic heterocycles. The first-order valence-corrected chi connectivity index (χ1v) is 11.4. The summed E-state index contributed by atoms with van der Waals surface area (Å²) >= 11 is 4.94. The molecule has 7 heteroatoms. The Morgan fingerprint density at radius 2 is 2.15 bits per heavy atom. The van der Waals surface area contributed by atoms with Gasteiger partial charge in [0.15, 0.2) is 0 Å². The molecule has 0 aliphatic carbocycles. The van der Waals surface area contributed by atoms with E-state index in [1.54, 1.807) is 17.5 Å². The van der Waals surface area contributed by atoms with Crippen molar-refractivity contribution in [1.82, 2.24) is 15.2 Å². The zero-order valence-electron chi connectivity index (χ0n) is 14.4. The average Bonchev–Trinajstić information content (AvgIpc) is 3.41. The van der Waals surface area contributed by atoms with Gasteiger partial charge in [-0.2, -0.15) is 0 Å². The highest BCUT2D eigenvalue weighted by Crippen LogP contribution is 2.29. The highest BCUT2D eigenvalue weighted by molar-refractivity contribution is 7.22. The fraction of sp³-hybridized carbons (Fsp3) is 0.368. The van der Waals surface area contributed by atoms with Crippen molar-refractivity contribution in [3.8, 4) is 9.88 Å². The number of thiophene rings is 2. The summed E-state index contributed by atoms with van der Waals surface area (Å²) in [6, 6.07) is 8.35. The molecule has 4 rings (SSSR count). The van der Waals surface area contributed by atoms with Crippen molar-refractivity contribution in [2.24, 2.45) is 5.92 Å². The van der Waals surface area contributed by atoms with E-state index in [1.807, 2.05) is 28.8 Å². The Bertz CT molecular complexity index is 826. The van der Waals surface area contributed by atoms with E-state index in [2.05, 4.69) is 32.7 Å². The standard InChI is InChI=1S/C19H21N3OS3/c23-18(17-11-21-19(26-17)16-6-3-9-25-16)20-10-14-4-1-7-22(12-14)13-15-5-2-8-24-15/h2-3,5-6,8-9,11,14H,1,4,7,10,12-13H2,(H,20,23). The van der Waals surface area contributed by atoms with Crippen LogP contribution >= 0.6 is 34.0 Å². The van der Waals surface area contributed by atoms with Crippen molar-refractivity contribution in [1.29, 1.82) is 0 Å². The lowest BCUT2D eigenvalue weighted by Crippen LogP contribution is -2.40. The van der Waals surface area contributed by atoms with Crippen molar-refractivity contribution in [3.63, 3.8) is 0 Å². The van der Waals surface area contributed by atoms with Crippen molar-refractivity contribution < 1.29 is 4.79 Å². The van der Waals surface area contributed by atoms with Crippen LogP contribution in [0.3, 0.4) is 0 Å². The molecule has 1 atom stereocenters. The van der Waals surface area contributed by atoms with Crippen LogP contribution in [0.25, 0.3) is 9.88 Å². The first-order valence-electron chi connectivity index (χ1n) is 8.80. The van der Waals surface area contributed by atoms with Crippen LogP contribution in [0, 0.1) is 5.92 Å². The predicted molar refractivity (Wildman–Crippen MR) is 110 cm³/mol. The maximum Gasteiger partial charge on any atom is 0.263 e. The molecule has 1 saturated heterocycles. The molecular formula is C19H21N3OS3. The van der Waals surface area contributed by atoms with E-state index in [0.29, 0.717) is 10.8 Å². The number of nitrogens with zero attached hydrogens (tertiary/aromatic N) is 2. The molecule has 0 saturated carbocycles. The minimum Gasteiger partial charge on any atom is -0.351 e. The molecular weight excluding hydrogens is 382 g/mol. The van der Waals surface area contributed by atoms with Gasteiger partial charge >= 0.3 is 0 Å². The minimum atomic E-state index is 0.000636. The number of carbonyl (C=O) groups is 1. The Kier molecular flexibility index (Phi) is 5.79. The van der Waals surface area contributed by atoms with Crippen molar-refractivity contribution in [2.75, 3.05) is 19.6 Å². The first-order chi connectivity index (χ1) is 12.8. The van der Waals surface area contributed by atoms with E-state index < -0.39 is 0 Å². The summed E-state index contributed by atoms with van der Waals surface area (Å²) in [5.74, 6) is 0.526. The Balaban J connectivity index is 1.28. The average molecular weight is 404 g/mol. The first kappa shape index (κ1) is 17.9. The van der Waals surface area contributed by atoms with Gasteiger partial charge in [0.1, 0.15) is 9.88 Å². The minimum absolute atomic E-state index is 0.000636. The maximum atomic E-state index is 12.5. The van der Waals surface area contributed by atoms with Gasteiger partial charge in [-0.3, -0.25) is 9.69 Å². The molecule has 4 heterocycles. The predicted octanol–water partition coefficient (Wildman–Crippen LogP) is 4.58. The molecule has 0 spiro atoms. The summed E-state index contributed by atoms with van der Waals surface area (Å²) in [6.45, 7) is 3.98. The number of piperidine rings is 1. The fourth-order valence-corrected chi connectivity index (χ4v) is 5.68. The van der Waals surface area contributed by atoms with E-state index in [-0.39, 0.29) is 5.91 Å². The number of amides is 1. The van der Waals surface area contributed by atoms with Gasteiger partial charge in [-0.1, -0.05) is 12.1 Å². The van der Waals surface area contributed by atoms with E-state index in [0.717, 1.165) is 36.1 Å². The smallest absolute Gasteiger partial charge is 0.263 e. The summed E-state index contributed by atoms with van der Waals surface area (Å²) in [4.78, 5) is 22.6. The molecule has 1 unspecified atom stereocenters. The molecule has 26 heavy (non-hydrogen) atoms. The molecule has 1 amide bonds. The molecule has 1 N–H and O–H groups in total. The third kappa shape index (κ3) is 4.40. The molecule has 1 fully saturated rings. The largest absolute Gasteiger partial charge is 0.351 e. The summed E-state index contributed by atoms with van der Waals surface area (Å²) in [5.41, 5.74) is 0. The van der Waals surface area contributed by atoms with Gasteiger partial charge in [0.05, 0.1) is 11.1 Å². The van der Waals surface area contributed by atoms with Gasteiger partial charge in [-0.25, -0.2) is 4.98 Å². The molecule has 3 aromatic rings. The molecule has 136 valence electrons. The summed E-state index contributed by atoms with van der Waals surface area (Å²) in [6.07, 6.45) is 4.08. The number of aromatic nitrogens is 1. The Morgan fingerprint density at radius 3 is 2.96 bits per heavy atom. The Morgan fingerprint density at radius 1 is 1.27 bits per heavy atom. The summed E-state index contributed by atoms with van der Waals surface area (Å²) in [7, 11) is 0. The van der Waals surface area contributed by atoms with Crippen molar-refractivity contribution >= 4 is 39.9 Å². The number of rotatable bonds is 6. The lowest BCUT2D eigenvalue weighted by atomic mass is 9.98. The second-order valence-corrected chi connectivity index (χ2v) is 9.55. The third-order valence-corrected chi connectivity index (χ3v) is 7.47. The zero-order valence-corrected chi connectivity index (χ0v) is 16.8. The Hall–Kier alpha value is -1.54. The highest BCUT2D eigenvalue weighted by atomic mass is 32.1. The molecule has 1 aliphatic rings. The van der Waals surface area contributed by atoms with E-state index in [9.17, 15) is 4.79 Å². The topological polar surface area (TPSA) is 45.2 Å². The van der Waals surface area contributed by atoms with E-state index in [4.69, 9.17) is 0 Å². The fourth-order valence-electron chi connectivity index (χ4n) is 3.30. The number of nitrogens with one attached hydrogen (secondary N) is 1. The van der Waals surface area contributed by atoms with Crippen LogP contribution in [-0.4, -0.2) is 35.4 Å². The van der Waals surface area contributed by atoms with Crippen LogP contribution < -0.4 is 5.32 Å². The number of hydrogen-bond acceptors (Lipinski definition) is 6. The van der Waals surface area contributed by atoms with Gasteiger partial charge in [-0.15, -0.1) is 34.0 Å². The zero-order chi connectivity index (χ0) is 17.8. The molecule has 4 nitrogen and oxygen atoms in total. The second-order valence-electron chi connectivity index (χ2n) is 6.54. The number of hydrogen-bond donors (Lipinski definition) is 1. The van der Waals surface area contributed by atoms with Gasteiger partial charge in [0, 0.05) is 24.5 Å². The van der Waals surface area contributed by atoms with Gasteiger partial charge < -0.3 is 5.32 Å². The molecule has 0 bridgehead atoms. The van der Waals surface area contributed by atoms with Crippen molar-refractivity contribution in [2.45, 2.75) is 19.4 Å².